The highest BCUT2D eigenvalue weighted by molar-refractivity contribution is 5.84. The molecule has 0 unspecified atom stereocenters. The molecule has 5 nitrogen and oxygen atoms in total. The van der Waals surface area contributed by atoms with Gasteiger partial charge in [-0.05, 0) is 19.4 Å². The maximum Gasteiger partial charge on any atom is 0.371 e. The normalized spacial score (nSPS) is 10.8. The molecule has 2 rings (SSSR count). The first-order chi connectivity index (χ1) is 8.61. The van der Waals surface area contributed by atoms with Crippen LogP contribution in [0.5, 0.6) is 0 Å². The van der Waals surface area contributed by atoms with Gasteiger partial charge in [-0.1, -0.05) is 6.92 Å². The molecule has 18 heavy (non-hydrogen) atoms. The maximum absolute atomic E-state index is 10.8. The van der Waals surface area contributed by atoms with Crippen molar-refractivity contribution in [2.24, 2.45) is 0 Å². The lowest BCUT2D eigenvalue weighted by atomic mass is 10.2. The van der Waals surface area contributed by atoms with Gasteiger partial charge in [-0.25, -0.2) is 9.78 Å². The zero-order valence-electron chi connectivity index (χ0n) is 10.5. The molecule has 0 aliphatic heterocycles. The number of carboxylic acid groups (broad SMARTS) is 1. The fourth-order valence-corrected chi connectivity index (χ4v) is 1.90. The first-order valence-electron chi connectivity index (χ1n) is 5.94. The fourth-order valence-electron chi connectivity index (χ4n) is 1.90. The van der Waals surface area contributed by atoms with Crippen molar-refractivity contribution in [1.29, 1.82) is 0 Å². The quantitative estimate of drug-likeness (QED) is 0.882. The molecule has 0 fully saturated rings. The molecule has 2 aromatic rings. The Kier molecular flexibility index (Phi) is 3.50. The molecule has 1 N–H and O–H groups in total. The summed E-state index contributed by atoms with van der Waals surface area (Å²) in [5.41, 5.74) is 0.878. The van der Waals surface area contributed by atoms with Crippen molar-refractivity contribution in [1.82, 2.24) is 9.55 Å². The molecular formula is C13H16N2O3. The van der Waals surface area contributed by atoms with Crippen molar-refractivity contribution in [2.45, 2.75) is 33.2 Å². The van der Waals surface area contributed by atoms with Crippen molar-refractivity contribution in [3.63, 3.8) is 0 Å². The molecular weight excluding hydrogens is 232 g/mol. The Morgan fingerprint density at radius 1 is 1.56 bits per heavy atom. The summed E-state index contributed by atoms with van der Waals surface area (Å²) >= 11 is 0. The van der Waals surface area contributed by atoms with E-state index in [4.69, 9.17) is 9.52 Å². The minimum atomic E-state index is -1.04. The molecule has 0 saturated heterocycles. The minimum absolute atomic E-state index is 0.0142. The second-order valence-corrected chi connectivity index (χ2v) is 4.22. The van der Waals surface area contributed by atoms with Gasteiger partial charge in [-0.3, -0.25) is 0 Å². The number of aromatic carboxylic acids is 1. The molecule has 0 amide bonds. The van der Waals surface area contributed by atoms with Crippen LogP contribution in [0.4, 0.5) is 0 Å². The molecule has 0 radical (unpaired) electrons. The zero-order chi connectivity index (χ0) is 13.1. The number of nitrogens with zero attached hydrogens (tertiary/aromatic N) is 2. The van der Waals surface area contributed by atoms with Gasteiger partial charge in [-0.15, -0.1) is 0 Å². The van der Waals surface area contributed by atoms with Crippen molar-refractivity contribution >= 4 is 5.97 Å². The van der Waals surface area contributed by atoms with Gasteiger partial charge in [0.1, 0.15) is 11.6 Å². The molecule has 0 bridgehead atoms. The summed E-state index contributed by atoms with van der Waals surface area (Å²) in [6.45, 7) is 4.47. The number of hydrogen-bond acceptors (Lipinski definition) is 3. The topological polar surface area (TPSA) is 68.3 Å². The lowest BCUT2D eigenvalue weighted by Crippen LogP contribution is -2.04. The monoisotopic (exact) mass is 248 g/mol. The van der Waals surface area contributed by atoms with E-state index in [-0.39, 0.29) is 5.76 Å². The fraction of sp³-hybridized carbons (Fsp3) is 0.385. The molecule has 96 valence electrons. The predicted molar refractivity (Wildman–Crippen MR) is 65.7 cm³/mol. The van der Waals surface area contributed by atoms with Crippen LogP contribution in [0.25, 0.3) is 0 Å². The summed E-state index contributed by atoms with van der Waals surface area (Å²) in [5.74, 6) is 0.599. The zero-order valence-corrected chi connectivity index (χ0v) is 10.5. The summed E-state index contributed by atoms with van der Waals surface area (Å²) < 4.78 is 7.21. The van der Waals surface area contributed by atoms with Crippen LogP contribution in [-0.4, -0.2) is 20.6 Å². The number of aryl methyl sites for hydroxylation is 2. The molecule has 0 atom stereocenters. The van der Waals surface area contributed by atoms with E-state index in [1.807, 2.05) is 10.8 Å². The van der Waals surface area contributed by atoms with E-state index in [0.717, 1.165) is 24.2 Å². The highest BCUT2D eigenvalue weighted by atomic mass is 16.4. The third kappa shape index (κ3) is 2.45. The van der Waals surface area contributed by atoms with Crippen molar-refractivity contribution < 1.29 is 14.3 Å². The van der Waals surface area contributed by atoms with Gasteiger partial charge in [0.15, 0.2) is 0 Å². The first-order valence-corrected chi connectivity index (χ1v) is 5.94. The summed E-state index contributed by atoms with van der Waals surface area (Å²) in [4.78, 5) is 15.1. The second kappa shape index (κ2) is 5.08. The van der Waals surface area contributed by atoms with E-state index in [2.05, 4.69) is 11.9 Å². The number of imidazole rings is 1. The number of furan rings is 1. The molecule has 2 heterocycles. The van der Waals surface area contributed by atoms with E-state index in [1.54, 1.807) is 19.2 Å². The third-order valence-corrected chi connectivity index (χ3v) is 2.85. The highest BCUT2D eigenvalue weighted by Crippen LogP contribution is 2.17. The largest absolute Gasteiger partial charge is 0.475 e. The van der Waals surface area contributed by atoms with Crippen LogP contribution in [0.1, 0.15) is 41.0 Å². The number of hydrogen-bond donors (Lipinski definition) is 1. The van der Waals surface area contributed by atoms with Gasteiger partial charge in [-0.2, -0.15) is 0 Å². The van der Waals surface area contributed by atoms with Gasteiger partial charge < -0.3 is 14.1 Å². The lowest BCUT2D eigenvalue weighted by molar-refractivity contribution is 0.0661. The molecule has 0 saturated carbocycles. The number of rotatable bonds is 5. The summed E-state index contributed by atoms with van der Waals surface area (Å²) in [7, 11) is 0. The average molecular weight is 248 g/mol. The van der Waals surface area contributed by atoms with Gasteiger partial charge in [0.05, 0.1) is 6.54 Å². The average Bonchev–Trinajstić information content (AvgIpc) is 2.89. The standard InChI is InChI=1S/C13H16N2O3/c1-3-4-12-14-5-6-15(12)8-10-7-11(13(16)17)18-9(10)2/h5-7H,3-4,8H2,1-2H3,(H,16,17). The van der Waals surface area contributed by atoms with E-state index in [0.29, 0.717) is 12.3 Å². The summed E-state index contributed by atoms with van der Waals surface area (Å²) in [5, 5.41) is 8.87. The second-order valence-electron chi connectivity index (χ2n) is 4.22. The van der Waals surface area contributed by atoms with Crippen molar-refractivity contribution in [3.8, 4) is 0 Å². The number of aromatic nitrogens is 2. The van der Waals surface area contributed by atoms with Crippen LogP contribution in [0, 0.1) is 6.92 Å². The summed E-state index contributed by atoms with van der Waals surface area (Å²) in [6.07, 6.45) is 5.60. The van der Waals surface area contributed by atoms with E-state index in [9.17, 15) is 4.79 Å². The van der Waals surface area contributed by atoms with Crippen molar-refractivity contribution in [3.05, 3.63) is 41.4 Å². The first kappa shape index (κ1) is 12.4. The summed E-state index contributed by atoms with van der Waals surface area (Å²) in [6, 6.07) is 1.58. The smallest absolute Gasteiger partial charge is 0.371 e. The maximum atomic E-state index is 10.8. The van der Waals surface area contributed by atoms with Crippen molar-refractivity contribution in [2.75, 3.05) is 0 Å². The van der Waals surface area contributed by atoms with E-state index in [1.165, 1.54) is 0 Å². The van der Waals surface area contributed by atoms with Gasteiger partial charge >= 0.3 is 5.97 Å². The molecule has 0 aliphatic rings. The Morgan fingerprint density at radius 2 is 2.33 bits per heavy atom. The molecule has 5 heteroatoms. The van der Waals surface area contributed by atoms with Crippen LogP contribution in [-0.2, 0) is 13.0 Å². The van der Waals surface area contributed by atoms with Gasteiger partial charge in [0.25, 0.3) is 0 Å². The SMILES string of the molecule is CCCc1nccn1Cc1cc(C(=O)O)oc1C. The molecule has 2 aromatic heterocycles. The third-order valence-electron chi connectivity index (χ3n) is 2.85. The Hall–Kier alpha value is -2.04. The highest BCUT2D eigenvalue weighted by Gasteiger charge is 2.14. The minimum Gasteiger partial charge on any atom is -0.475 e. The number of carboxylic acids is 1. The van der Waals surface area contributed by atoms with Crippen LogP contribution >= 0.6 is 0 Å². The van der Waals surface area contributed by atoms with Crippen LogP contribution in [0.2, 0.25) is 0 Å². The molecule has 0 aliphatic carbocycles. The Bertz CT molecular complexity index is 554. The Morgan fingerprint density at radius 3 is 2.94 bits per heavy atom. The van der Waals surface area contributed by atoms with Crippen LogP contribution < -0.4 is 0 Å². The van der Waals surface area contributed by atoms with Gasteiger partial charge in [0.2, 0.25) is 5.76 Å². The number of carbonyl (C=O) groups is 1. The Labute approximate surface area is 105 Å². The molecule has 0 spiro atoms. The van der Waals surface area contributed by atoms with E-state index >= 15 is 0 Å². The van der Waals surface area contributed by atoms with Gasteiger partial charge in [0, 0.05) is 24.4 Å². The molecule has 0 aromatic carbocycles. The Balaban J connectivity index is 2.23. The predicted octanol–water partition coefficient (Wildman–Crippen LogP) is 2.48. The lowest BCUT2D eigenvalue weighted by Gasteiger charge is -2.05. The van der Waals surface area contributed by atoms with Crippen LogP contribution in [0.15, 0.2) is 22.9 Å². The van der Waals surface area contributed by atoms with E-state index < -0.39 is 5.97 Å². The van der Waals surface area contributed by atoms with Crippen LogP contribution in [0.3, 0.4) is 0 Å².